The summed E-state index contributed by atoms with van der Waals surface area (Å²) in [5.74, 6) is -5.49. The van der Waals surface area contributed by atoms with E-state index in [1.165, 1.54) is 0 Å². The molecule has 0 saturated heterocycles. The maximum Gasteiger partial charge on any atom is 0.422 e. The molecule has 0 aromatic heterocycles. The number of hydrogen-bond donors (Lipinski definition) is 0. The van der Waals surface area contributed by atoms with Gasteiger partial charge >= 0.3 is 6.18 Å². The first-order valence-electron chi connectivity index (χ1n) is 4.45. The Morgan fingerprint density at radius 3 is 2.39 bits per heavy atom. The summed E-state index contributed by atoms with van der Waals surface area (Å²) in [4.78, 5) is 21.4. The number of benzene rings is 1. The number of carbonyl (C=O) groups excluding carboxylic acids is 2. The third-order valence-electron chi connectivity index (χ3n) is 1.77. The quantitative estimate of drug-likeness (QED) is 0.456. The molecule has 0 amide bonds. The van der Waals surface area contributed by atoms with Crippen molar-refractivity contribution >= 4 is 11.8 Å². The van der Waals surface area contributed by atoms with Crippen LogP contribution in [0.15, 0.2) is 18.2 Å². The molecule has 0 heterocycles. The largest absolute Gasteiger partial charge is 0.541 e. The van der Waals surface area contributed by atoms with Crippen LogP contribution in [0, 0.1) is 5.82 Å². The fourth-order valence-corrected chi connectivity index (χ4v) is 1.07. The molecular formula is C10H5F4O4-. The number of Topliss-reactive ketones (excluding diaryl/α,β-unsaturated/α-hetero) is 1. The van der Waals surface area contributed by atoms with Crippen molar-refractivity contribution < 1.29 is 37.0 Å². The average molecular weight is 265 g/mol. The van der Waals surface area contributed by atoms with Crippen LogP contribution in [0.25, 0.3) is 0 Å². The van der Waals surface area contributed by atoms with Crippen molar-refractivity contribution in [1.29, 1.82) is 0 Å². The molecule has 0 aliphatic carbocycles. The van der Waals surface area contributed by atoms with Crippen LogP contribution in [-0.4, -0.2) is 24.5 Å². The molecule has 0 radical (unpaired) electrons. The first-order chi connectivity index (χ1) is 8.20. The molecule has 0 bridgehead atoms. The lowest BCUT2D eigenvalue weighted by molar-refractivity contribution is -0.296. The molecule has 8 heteroatoms. The number of ketones is 1. The molecule has 0 fully saturated rings. The van der Waals surface area contributed by atoms with Crippen molar-refractivity contribution in [3.63, 3.8) is 0 Å². The monoisotopic (exact) mass is 265 g/mol. The molecule has 1 rings (SSSR count). The lowest BCUT2D eigenvalue weighted by Gasteiger charge is -2.12. The van der Waals surface area contributed by atoms with Crippen LogP contribution in [0.2, 0.25) is 0 Å². The van der Waals surface area contributed by atoms with Crippen LogP contribution in [-0.2, 0) is 4.79 Å². The van der Waals surface area contributed by atoms with E-state index >= 15 is 0 Å². The topological polar surface area (TPSA) is 66.4 Å². The molecule has 0 unspecified atom stereocenters. The molecule has 0 saturated carbocycles. The van der Waals surface area contributed by atoms with Gasteiger partial charge < -0.3 is 14.6 Å². The number of carboxylic acids is 1. The molecule has 0 atom stereocenters. The zero-order chi connectivity index (χ0) is 13.9. The maximum absolute atomic E-state index is 12.8. The van der Waals surface area contributed by atoms with Crippen molar-refractivity contribution in [3.05, 3.63) is 29.6 Å². The minimum atomic E-state index is -4.70. The number of aliphatic carboxylic acids is 1. The highest BCUT2D eigenvalue weighted by Gasteiger charge is 2.29. The van der Waals surface area contributed by atoms with Gasteiger partial charge in [-0.2, -0.15) is 13.2 Å². The second-order valence-electron chi connectivity index (χ2n) is 3.16. The third kappa shape index (κ3) is 3.72. The van der Waals surface area contributed by atoms with Gasteiger partial charge in [0.25, 0.3) is 0 Å². The minimum Gasteiger partial charge on any atom is -0.541 e. The Morgan fingerprint density at radius 2 is 1.89 bits per heavy atom. The molecule has 0 N–H and O–H groups in total. The van der Waals surface area contributed by atoms with Gasteiger partial charge in [0, 0.05) is 6.07 Å². The summed E-state index contributed by atoms with van der Waals surface area (Å²) in [5, 5.41) is 10.3. The van der Waals surface area contributed by atoms with Crippen LogP contribution in [0.3, 0.4) is 0 Å². The lowest BCUT2D eigenvalue weighted by atomic mass is 10.1. The number of hydrogen-bond acceptors (Lipinski definition) is 4. The Hall–Kier alpha value is -2.12. The van der Waals surface area contributed by atoms with E-state index in [4.69, 9.17) is 0 Å². The van der Waals surface area contributed by atoms with E-state index in [-0.39, 0.29) is 0 Å². The molecule has 1 aromatic carbocycles. The number of ether oxygens (including phenoxy) is 1. The van der Waals surface area contributed by atoms with Gasteiger partial charge in [0.05, 0.1) is 5.56 Å². The van der Waals surface area contributed by atoms with E-state index in [0.29, 0.717) is 12.1 Å². The van der Waals surface area contributed by atoms with Gasteiger partial charge in [-0.05, 0) is 12.1 Å². The number of carbonyl (C=O) groups is 2. The normalized spacial score (nSPS) is 11.1. The summed E-state index contributed by atoms with van der Waals surface area (Å²) in [6.07, 6.45) is -4.70. The summed E-state index contributed by atoms with van der Waals surface area (Å²) in [7, 11) is 0. The van der Waals surface area contributed by atoms with E-state index < -0.39 is 41.7 Å². The summed E-state index contributed by atoms with van der Waals surface area (Å²) < 4.78 is 52.7. The molecule has 4 nitrogen and oxygen atoms in total. The summed E-state index contributed by atoms with van der Waals surface area (Å²) >= 11 is 0. The van der Waals surface area contributed by atoms with Crippen molar-refractivity contribution in [2.45, 2.75) is 6.18 Å². The van der Waals surface area contributed by atoms with Gasteiger partial charge in [0.1, 0.15) is 17.5 Å². The minimum absolute atomic E-state index is 0.488. The van der Waals surface area contributed by atoms with Crippen LogP contribution < -0.4 is 9.84 Å². The number of alkyl halides is 3. The number of halogens is 4. The Labute approximate surface area is 97.8 Å². The smallest absolute Gasteiger partial charge is 0.422 e. The first-order valence-corrected chi connectivity index (χ1v) is 4.45. The second-order valence-corrected chi connectivity index (χ2v) is 3.16. The molecule has 0 spiro atoms. The van der Waals surface area contributed by atoms with Gasteiger partial charge in [-0.25, -0.2) is 4.39 Å². The molecule has 1 aromatic rings. The average Bonchev–Trinajstić information content (AvgIpc) is 2.24. The fraction of sp³-hybridized carbons (Fsp3) is 0.200. The molecule has 0 aliphatic rings. The Kier molecular flexibility index (Phi) is 3.89. The predicted molar refractivity (Wildman–Crippen MR) is 47.3 cm³/mol. The van der Waals surface area contributed by atoms with Gasteiger partial charge in [-0.1, -0.05) is 0 Å². The van der Waals surface area contributed by atoms with E-state index in [9.17, 15) is 32.3 Å². The van der Waals surface area contributed by atoms with E-state index in [2.05, 4.69) is 4.74 Å². The highest BCUT2D eigenvalue weighted by atomic mass is 19.4. The Balaban J connectivity index is 3.04. The van der Waals surface area contributed by atoms with E-state index in [1.54, 1.807) is 0 Å². The third-order valence-corrected chi connectivity index (χ3v) is 1.77. The SMILES string of the molecule is O=C([O-])C(=O)c1ccc(F)cc1OCC(F)(F)F. The number of rotatable bonds is 4. The van der Waals surface area contributed by atoms with E-state index in [0.717, 1.165) is 6.07 Å². The summed E-state index contributed by atoms with van der Waals surface area (Å²) in [6.45, 7) is -1.77. The summed E-state index contributed by atoms with van der Waals surface area (Å²) in [5.41, 5.74) is -0.708. The maximum atomic E-state index is 12.8. The molecular weight excluding hydrogens is 260 g/mol. The predicted octanol–water partition coefficient (Wildman–Crippen LogP) is 0.699. The molecule has 98 valence electrons. The van der Waals surface area contributed by atoms with Crippen molar-refractivity contribution in [2.24, 2.45) is 0 Å². The zero-order valence-electron chi connectivity index (χ0n) is 8.58. The van der Waals surface area contributed by atoms with Crippen LogP contribution in [0.4, 0.5) is 17.6 Å². The van der Waals surface area contributed by atoms with Crippen LogP contribution in [0.5, 0.6) is 5.75 Å². The van der Waals surface area contributed by atoms with Crippen molar-refractivity contribution in [3.8, 4) is 5.75 Å². The van der Waals surface area contributed by atoms with Crippen LogP contribution >= 0.6 is 0 Å². The molecule has 18 heavy (non-hydrogen) atoms. The zero-order valence-corrected chi connectivity index (χ0v) is 8.58. The van der Waals surface area contributed by atoms with Gasteiger partial charge in [-0.15, -0.1) is 0 Å². The Morgan fingerprint density at radius 1 is 1.28 bits per heavy atom. The second kappa shape index (κ2) is 5.03. The lowest BCUT2D eigenvalue weighted by Crippen LogP contribution is -2.32. The van der Waals surface area contributed by atoms with Crippen molar-refractivity contribution in [2.75, 3.05) is 6.61 Å². The van der Waals surface area contributed by atoms with Gasteiger partial charge in [-0.3, -0.25) is 4.79 Å². The highest BCUT2D eigenvalue weighted by Crippen LogP contribution is 2.23. The van der Waals surface area contributed by atoms with Crippen LogP contribution in [0.1, 0.15) is 10.4 Å². The standard InChI is InChI=1S/C10H6F4O4/c11-5-1-2-6(8(15)9(16)17)7(3-5)18-4-10(12,13)14/h1-3H,4H2,(H,16,17)/p-1. The summed E-state index contributed by atoms with van der Waals surface area (Å²) in [6, 6.07) is 1.91. The Bertz CT molecular complexity index is 481. The van der Waals surface area contributed by atoms with E-state index in [1.807, 2.05) is 0 Å². The van der Waals surface area contributed by atoms with Crippen molar-refractivity contribution in [1.82, 2.24) is 0 Å². The van der Waals surface area contributed by atoms with Gasteiger partial charge in [0.15, 0.2) is 6.61 Å². The first kappa shape index (κ1) is 13.9. The fourth-order valence-electron chi connectivity index (χ4n) is 1.07. The molecule has 0 aliphatic heterocycles. The highest BCUT2D eigenvalue weighted by molar-refractivity contribution is 6.39. The number of carboxylic acid groups (broad SMARTS) is 1. The van der Waals surface area contributed by atoms with Gasteiger partial charge in [0.2, 0.25) is 5.78 Å².